The monoisotopic (exact) mass is 402 g/mol. The average Bonchev–Trinajstić information content (AvgIpc) is 3.02. The number of benzene rings is 2. The van der Waals surface area contributed by atoms with Gasteiger partial charge in [0.2, 0.25) is 0 Å². The van der Waals surface area contributed by atoms with E-state index in [9.17, 15) is 14.0 Å². The van der Waals surface area contributed by atoms with E-state index in [0.717, 1.165) is 16.3 Å². The number of rotatable bonds is 6. The lowest BCUT2D eigenvalue weighted by atomic mass is 10.2. The summed E-state index contributed by atoms with van der Waals surface area (Å²) in [6, 6.07) is 10.9. The van der Waals surface area contributed by atoms with Gasteiger partial charge >= 0.3 is 5.97 Å². The fourth-order valence-electron chi connectivity index (χ4n) is 2.69. The number of aryl methyl sites for hydroxylation is 1. The van der Waals surface area contributed by atoms with Crippen LogP contribution < -0.4 is 9.54 Å². The first-order valence-electron chi connectivity index (χ1n) is 8.69. The molecule has 0 saturated heterocycles. The highest BCUT2D eigenvalue weighted by molar-refractivity contribution is 7.16. The van der Waals surface area contributed by atoms with Gasteiger partial charge in [-0.2, -0.15) is 4.99 Å². The molecular formula is C20H19FN2O4S. The number of thiazole rings is 1. The second kappa shape index (κ2) is 8.79. The number of carbonyl (C=O) groups excluding carboxylic acids is 2. The number of esters is 1. The summed E-state index contributed by atoms with van der Waals surface area (Å²) in [5.41, 5.74) is 0.950. The fraction of sp³-hybridized carbons (Fsp3) is 0.250. The van der Waals surface area contributed by atoms with E-state index in [0.29, 0.717) is 23.7 Å². The summed E-state index contributed by atoms with van der Waals surface area (Å²) >= 11 is 1.31. The highest BCUT2D eigenvalue weighted by Gasteiger charge is 2.12. The minimum Gasteiger partial charge on any atom is -0.497 e. The molecule has 2 aromatic carbocycles. The summed E-state index contributed by atoms with van der Waals surface area (Å²) in [6.45, 7) is 2.34. The zero-order chi connectivity index (χ0) is 20.1. The molecule has 0 unspecified atom stereocenters. The molecule has 8 heteroatoms. The Labute approximate surface area is 164 Å². The Kier molecular flexibility index (Phi) is 6.20. The van der Waals surface area contributed by atoms with Crippen molar-refractivity contribution in [3.63, 3.8) is 0 Å². The van der Waals surface area contributed by atoms with Gasteiger partial charge in [0.05, 0.1) is 30.4 Å². The average molecular weight is 402 g/mol. The minimum absolute atomic E-state index is 0.137. The van der Waals surface area contributed by atoms with E-state index < -0.39 is 11.7 Å². The van der Waals surface area contributed by atoms with Gasteiger partial charge in [-0.3, -0.25) is 9.59 Å². The van der Waals surface area contributed by atoms with Gasteiger partial charge in [-0.25, -0.2) is 4.39 Å². The van der Waals surface area contributed by atoms with Crippen LogP contribution in [0.15, 0.2) is 47.5 Å². The molecule has 3 rings (SSSR count). The van der Waals surface area contributed by atoms with Crippen molar-refractivity contribution in [1.82, 2.24) is 4.57 Å². The molecule has 0 N–H and O–H groups in total. The maximum absolute atomic E-state index is 13.4. The number of methoxy groups -OCH3 is 1. The molecule has 0 spiro atoms. The van der Waals surface area contributed by atoms with Gasteiger partial charge < -0.3 is 14.0 Å². The Balaban J connectivity index is 2.05. The number of aromatic nitrogens is 1. The van der Waals surface area contributed by atoms with Gasteiger partial charge in [-0.1, -0.05) is 17.4 Å². The second-order valence-electron chi connectivity index (χ2n) is 5.85. The van der Waals surface area contributed by atoms with Crippen molar-refractivity contribution >= 4 is 33.4 Å². The number of fused-ring (bicyclic) bond motifs is 1. The Morgan fingerprint density at radius 2 is 2.04 bits per heavy atom. The topological polar surface area (TPSA) is 69.9 Å². The van der Waals surface area contributed by atoms with Crippen LogP contribution in [0.5, 0.6) is 5.75 Å². The highest BCUT2D eigenvalue weighted by Crippen LogP contribution is 2.23. The molecule has 28 heavy (non-hydrogen) atoms. The van der Waals surface area contributed by atoms with Crippen molar-refractivity contribution in [1.29, 1.82) is 0 Å². The lowest BCUT2D eigenvalue weighted by Gasteiger charge is -2.06. The Morgan fingerprint density at radius 1 is 1.21 bits per heavy atom. The smallest absolute Gasteiger partial charge is 0.307 e. The largest absolute Gasteiger partial charge is 0.497 e. The molecule has 0 aliphatic rings. The predicted octanol–water partition coefficient (Wildman–Crippen LogP) is 3.54. The van der Waals surface area contributed by atoms with Crippen molar-refractivity contribution in [2.75, 3.05) is 13.7 Å². The van der Waals surface area contributed by atoms with Crippen LogP contribution in [-0.4, -0.2) is 30.2 Å². The predicted molar refractivity (Wildman–Crippen MR) is 104 cm³/mol. The van der Waals surface area contributed by atoms with Crippen molar-refractivity contribution in [3.05, 3.63) is 58.6 Å². The van der Waals surface area contributed by atoms with E-state index in [1.165, 1.54) is 29.5 Å². The third-order valence-corrected chi connectivity index (χ3v) is 5.06. The molecule has 1 amide bonds. The van der Waals surface area contributed by atoms with Crippen LogP contribution >= 0.6 is 11.3 Å². The molecule has 0 fully saturated rings. The molecule has 1 heterocycles. The normalized spacial score (nSPS) is 11.6. The van der Waals surface area contributed by atoms with Crippen molar-refractivity contribution in [2.24, 2.45) is 4.99 Å². The molecule has 0 aliphatic heterocycles. The molecule has 0 atom stereocenters. The minimum atomic E-state index is -0.553. The van der Waals surface area contributed by atoms with Gasteiger partial charge in [-0.15, -0.1) is 0 Å². The SMILES string of the molecule is CCOC(=O)CCn1c(=NC(=O)c2cccc(F)c2)sc2ccc(OC)cc21. The summed E-state index contributed by atoms with van der Waals surface area (Å²) in [4.78, 5) is 28.9. The number of carbonyl (C=O) groups is 2. The van der Waals surface area contributed by atoms with Gasteiger partial charge in [0.15, 0.2) is 4.80 Å². The first-order chi connectivity index (χ1) is 13.5. The van der Waals surface area contributed by atoms with E-state index in [2.05, 4.69) is 4.99 Å². The first kappa shape index (κ1) is 19.8. The van der Waals surface area contributed by atoms with Gasteiger partial charge in [0.25, 0.3) is 5.91 Å². The molecule has 146 valence electrons. The standard InChI is InChI=1S/C20H19FN2O4S/c1-3-27-18(24)9-10-23-16-12-15(26-2)7-8-17(16)28-20(23)22-19(25)13-5-4-6-14(21)11-13/h4-8,11-12H,3,9-10H2,1-2H3. The van der Waals surface area contributed by atoms with E-state index in [1.54, 1.807) is 18.6 Å². The quantitative estimate of drug-likeness (QED) is 0.592. The van der Waals surface area contributed by atoms with Gasteiger partial charge in [0, 0.05) is 18.2 Å². The first-order valence-corrected chi connectivity index (χ1v) is 9.51. The van der Waals surface area contributed by atoms with Crippen molar-refractivity contribution in [2.45, 2.75) is 19.9 Å². The van der Waals surface area contributed by atoms with Crippen LogP contribution in [0.2, 0.25) is 0 Å². The van der Waals surface area contributed by atoms with Crippen LogP contribution in [0.1, 0.15) is 23.7 Å². The van der Waals surface area contributed by atoms with Crippen LogP contribution in [0.3, 0.4) is 0 Å². The third-order valence-electron chi connectivity index (χ3n) is 4.00. The number of hydrogen-bond acceptors (Lipinski definition) is 5. The molecule has 6 nitrogen and oxygen atoms in total. The summed E-state index contributed by atoms with van der Waals surface area (Å²) < 4.78 is 26.3. The zero-order valence-electron chi connectivity index (χ0n) is 15.5. The molecule has 0 saturated carbocycles. The van der Waals surface area contributed by atoms with Crippen molar-refractivity contribution in [3.8, 4) is 5.75 Å². The van der Waals surface area contributed by atoms with Crippen LogP contribution in [0, 0.1) is 5.82 Å². The highest BCUT2D eigenvalue weighted by atomic mass is 32.1. The van der Waals surface area contributed by atoms with Crippen LogP contribution in [0.4, 0.5) is 4.39 Å². The molecule has 0 radical (unpaired) electrons. The number of hydrogen-bond donors (Lipinski definition) is 0. The summed E-state index contributed by atoms with van der Waals surface area (Å²) in [5.74, 6) is -0.738. The Bertz CT molecular complexity index is 1090. The summed E-state index contributed by atoms with van der Waals surface area (Å²) in [6.07, 6.45) is 0.137. The van der Waals surface area contributed by atoms with Gasteiger partial charge in [-0.05, 0) is 37.3 Å². The van der Waals surface area contributed by atoms with Gasteiger partial charge in [0.1, 0.15) is 11.6 Å². The summed E-state index contributed by atoms with van der Waals surface area (Å²) in [5, 5.41) is 0. The maximum atomic E-state index is 13.4. The van der Waals surface area contributed by atoms with Crippen molar-refractivity contribution < 1.29 is 23.5 Å². The number of nitrogens with zero attached hydrogens (tertiary/aromatic N) is 2. The third kappa shape index (κ3) is 4.45. The Hall–Kier alpha value is -3.00. The second-order valence-corrected chi connectivity index (χ2v) is 6.86. The van der Waals surface area contributed by atoms with E-state index in [4.69, 9.17) is 9.47 Å². The van der Waals surface area contributed by atoms with E-state index in [-0.39, 0.29) is 18.0 Å². The number of amides is 1. The van der Waals surface area contributed by atoms with E-state index >= 15 is 0 Å². The molecule has 0 aliphatic carbocycles. The lowest BCUT2D eigenvalue weighted by molar-refractivity contribution is -0.143. The van der Waals surface area contributed by atoms with Crippen LogP contribution in [-0.2, 0) is 16.1 Å². The maximum Gasteiger partial charge on any atom is 0.307 e. The fourth-order valence-corrected chi connectivity index (χ4v) is 3.72. The number of halogens is 1. The molecule has 0 bridgehead atoms. The molecule has 1 aromatic heterocycles. The van der Waals surface area contributed by atoms with E-state index in [1.807, 2.05) is 18.2 Å². The Morgan fingerprint density at radius 3 is 2.75 bits per heavy atom. The zero-order valence-corrected chi connectivity index (χ0v) is 16.3. The summed E-state index contributed by atoms with van der Waals surface area (Å²) in [7, 11) is 1.56. The lowest BCUT2D eigenvalue weighted by Crippen LogP contribution is -2.19. The molecule has 3 aromatic rings. The number of ether oxygens (including phenoxy) is 2. The molecular weight excluding hydrogens is 383 g/mol. The van der Waals surface area contributed by atoms with Crippen LogP contribution in [0.25, 0.3) is 10.2 Å².